The summed E-state index contributed by atoms with van der Waals surface area (Å²) in [7, 11) is 0. The number of cyclic esters (lactones) is 1. The van der Waals surface area contributed by atoms with Crippen molar-refractivity contribution in [2.24, 2.45) is 46.8 Å². The molecule has 0 aromatic carbocycles. The fourth-order valence-electron chi connectivity index (χ4n) is 9.30. The minimum Gasteiger partial charge on any atom is -0.459 e. The summed E-state index contributed by atoms with van der Waals surface area (Å²) in [6.45, 7) is 7.88. The van der Waals surface area contributed by atoms with Crippen molar-refractivity contribution >= 4 is 11.8 Å². The lowest BCUT2D eigenvalue weighted by atomic mass is 9.48. The Hall–Kier alpha value is -1.50. The van der Waals surface area contributed by atoms with Crippen LogP contribution in [0.2, 0.25) is 0 Å². The molecule has 0 radical (unpaired) electrons. The number of ether oxygens (including phenoxy) is 3. The van der Waals surface area contributed by atoms with Crippen LogP contribution >= 0.6 is 0 Å². The maximum atomic E-state index is 13.3. The molecule has 7 aliphatic rings. The summed E-state index contributed by atoms with van der Waals surface area (Å²) in [4.78, 5) is 25.6. The number of carbonyl (C=O) groups excluding carboxylic acids is 2. The largest absolute Gasteiger partial charge is 0.459 e. The maximum Gasteiger partial charge on any atom is 0.309 e. The molecule has 4 bridgehead atoms. The van der Waals surface area contributed by atoms with Crippen molar-refractivity contribution < 1.29 is 28.9 Å². The number of hydrogen-bond acceptors (Lipinski definition) is 6. The van der Waals surface area contributed by atoms with Gasteiger partial charge in [-0.3, -0.25) is 9.59 Å². The first-order chi connectivity index (χ1) is 15.6. The Morgan fingerprint density at radius 3 is 2.61 bits per heavy atom. The lowest BCUT2D eigenvalue weighted by Crippen LogP contribution is -2.68. The van der Waals surface area contributed by atoms with E-state index in [1.54, 1.807) is 6.08 Å². The third kappa shape index (κ3) is 2.27. The number of allylic oxidation sites excluding steroid dienone is 4. The third-order valence-corrected chi connectivity index (χ3v) is 11.2. The van der Waals surface area contributed by atoms with Crippen LogP contribution in [0, 0.1) is 46.8 Å². The molecular weight excluding hydrogens is 420 g/mol. The van der Waals surface area contributed by atoms with E-state index in [0.29, 0.717) is 18.3 Å². The van der Waals surface area contributed by atoms with Gasteiger partial charge in [0.25, 0.3) is 0 Å². The highest BCUT2D eigenvalue weighted by molar-refractivity contribution is 5.98. The smallest absolute Gasteiger partial charge is 0.309 e. The Morgan fingerprint density at radius 1 is 1.09 bits per heavy atom. The van der Waals surface area contributed by atoms with Crippen LogP contribution in [0.3, 0.4) is 0 Å². The number of esters is 1. The number of fused-ring (bicyclic) bond motifs is 4. The van der Waals surface area contributed by atoms with Crippen LogP contribution < -0.4 is 0 Å². The zero-order valence-corrected chi connectivity index (χ0v) is 19.8. The average molecular weight is 455 g/mol. The normalized spacial score (nSPS) is 60.3. The minimum absolute atomic E-state index is 0.0378. The van der Waals surface area contributed by atoms with E-state index >= 15 is 0 Å². The maximum absolute atomic E-state index is 13.3. The predicted molar refractivity (Wildman–Crippen MR) is 118 cm³/mol. The number of hydrogen-bond donors (Lipinski definition) is 1. The molecule has 2 saturated carbocycles. The van der Waals surface area contributed by atoms with Gasteiger partial charge >= 0.3 is 5.97 Å². The lowest BCUT2D eigenvalue weighted by Gasteiger charge is -2.61. The van der Waals surface area contributed by atoms with Crippen LogP contribution in [0.25, 0.3) is 0 Å². The molecule has 178 valence electrons. The van der Waals surface area contributed by atoms with Crippen LogP contribution in [-0.2, 0) is 23.8 Å². The van der Waals surface area contributed by atoms with E-state index in [0.717, 1.165) is 19.3 Å². The summed E-state index contributed by atoms with van der Waals surface area (Å²) in [5, 5.41) is 11.9. The second-order valence-corrected chi connectivity index (χ2v) is 12.3. The van der Waals surface area contributed by atoms with Gasteiger partial charge in [-0.05, 0) is 56.9 Å². The molecule has 0 spiro atoms. The minimum atomic E-state index is -1.14. The Morgan fingerprint density at radius 2 is 1.88 bits per heavy atom. The van der Waals surface area contributed by atoms with Gasteiger partial charge in [0.15, 0.2) is 11.6 Å². The van der Waals surface area contributed by atoms with Gasteiger partial charge in [0.05, 0.1) is 23.0 Å². The fourth-order valence-corrected chi connectivity index (χ4v) is 9.30. The van der Waals surface area contributed by atoms with E-state index in [9.17, 15) is 14.7 Å². The number of ketones is 1. The average Bonchev–Trinajstić information content (AvgIpc) is 3.37. The van der Waals surface area contributed by atoms with Gasteiger partial charge in [0.2, 0.25) is 0 Å². The first-order valence-corrected chi connectivity index (χ1v) is 12.8. The molecule has 7 rings (SSSR count). The molecule has 1 N–H and O–H groups in total. The van der Waals surface area contributed by atoms with Gasteiger partial charge < -0.3 is 19.3 Å². The highest BCUT2D eigenvalue weighted by Gasteiger charge is 2.78. The molecular formula is C27H34O6. The predicted octanol–water partition coefficient (Wildman–Crippen LogP) is 3.18. The molecule has 4 aliphatic carbocycles. The van der Waals surface area contributed by atoms with E-state index in [-0.39, 0.29) is 47.4 Å². The van der Waals surface area contributed by atoms with E-state index in [4.69, 9.17) is 14.2 Å². The van der Waals surface area contributed by atoms with Gasteiger partial charge in [0, 0.05) is 24.2 Å². The zero-order valence-electron chi connectivity index (χ0n) is 19.8. The summed E-state index contributed by atoms with van der Waals surface area (Å²) >= 11 is 0. The highest BCUT2D eigenvalue weighted by atomic mass is 16.7. The van der Waals surface area contributed by atoms with Crippen molar-refractivity contribution in [1.29, 1.82) is 0 Å². The van der Waals surface area contributed by atoms with Crippen molar-refractivity contribution in [1.82, 2.24) is 0 Å². The molecule has 5 fully saturated rings. The topological polar surface area (TPSA) is 82.1 Å². The number of carbonyl (C=O) groups is 2. The standard InChI is InChI=1S/C27H34O6/c1-12-13(2)24(29)31-22(12)23-26(4,30)21-18-10-16-15-9-8-14-6-5-7-19(28)25(14,3)17(15)11-27(32-18,33-23)20(16)21/h5,7-8,12-13,15-18,20-23,30H,6,9-11H2,1-4H3/t12-,13+,15+,16-,17+,18?,20-,21?,22+,23?,25+,26-,27?/m1/s1. The molecule has 6 heteroatoms. The molecule has 33 heavy (non-hydrogen) atoms. The molecule has 0 amide bonds. The van der Waals surface area contributed by atoms with Crippen LogP contribution in [0.15, 0.2) is 23.8 Å². The van der Waals surface area contributed by atoms with Crippen LogP contribution in [0.4, 0.5) is 0 Å². The fraction of sp³-hybridized carbons (Fsp3) is 0.778. The molecule has 4 unspecified atom stereocenters. The highest BCUT2D eigenvalue weighted by Crippen LogP contribution is 2.72. The molecule has 3 heterocycles. The van der Waals surface area contributed by atoms with E-state index < -0.39 is 29.0 Å². The molecule has 0 aromatic heterocycles. The van der Waals surface area contributed by atoms with Gasteiger partial charge in [0.1, 0.15) is 12.2 Å². The third-order valence-electron chi connectivity index (χ3n) is 11.2. The van der Waals surface area contributed by atoms with Crippen LogP contribution in [-0.4, -0.2) is 46.6 Å². The summed E-state index contributed by atoms with van der Waals surface area (Å²) in [5.74, 6) is -0.0819. The van der Waals surface area contributed by atoms with E-state index in [1.165, 1.54) is 5.57 Å². The second-order valence-electron chi connectivity index (χ2n) is 12.3. The summed E-state index contributed by atoms with van der Waals surface area (Å²) < 4.78 is 19.3. The van der Waals surface area contributed by atoms with Crippen LogP contribution in [0.5, 0.6) is 0 Å². The molecule has 3 aliphatic heterocycles. The van der Waals surface area contributed by atoms with Gasteiger partial charge in [-0.1, -0.05) is 31.6 Å². The Kier molecular flexibility index (Phi) is 3.91. The van der Waals surface area contributed by atoms with Gasteiger partial charge in [-0.25, -0.2) is 0 Å². The monoisotopic (exact) mass is 454 g/mol. The Bertz CT molecular complexity index is 1010. The molecule has 3 saturated heterocycles. The number of aliphatic hydroxyl groups is 1. The van der Waals surface area contributed by atoms with Gasteiger partial charge in [-0.15, -0.1) is 0 Å². The summed E-state index contributed by atoms with van der Waals surface area (Å²) in [6.07, 6.45) is 8.31. The van der Waals surface area contributed by atoms with Crippen molar-refractivity contribution in [2.75, 3.05) is 0 Å². The lowest BCUT2D eigenvalue weighted by molar-refractivity contribution is -0.361. The van der Waals surface area contributed by atoms with Crippen molar-refractivity contribution in [2.45, 2.75) is 83.1 Å². The quantitative estimate of drug-likeness (QED) is 0.484. The molecule has 0 aromatic rings. The SMILES string of the molecule is C[C@@H]1[C@H](C)C(=O)O[C@@H]1C1OC23C[C@H]4[C@@H](CC=C5CC=CC(=O)[C@@]54C)[C@H]4CC(O2)C([C@@H]43)[C@@]1(C)O. The van der Waals surface area contributed by atoms with Gasteiger partial charge in [-0.2, -0.15) is 0 Å². The first-order valence-electron chi connectivity index (χ1n) is 12.8. The van der Waals surface area contributed by atoms with Crippen LogP contribution in [0.1, 0.15) is 53.4 Å². The Labute approximate surface area is 194 Å². The Balaban J connectivity index is 1.31. The number of rotatable bonds is 1. The van der Waals surface area contributed by atoms with Crippen molar-refractivity contribution in [3.63, 3.8) is 0 Å². The van der Waals surface area contributed by atoms with Crippen molar-refractivity contribution in [3.8, 4) is 0 Å². The van der Waals surface area contributed by atoms with E-state index in [2.05, 4.69) is 13.0 Å². The van der Waals surface area contributed by atoms with Crippen molar-refractivity contribution in [3.05, 3.63) is 23.8 Å². The first kappa shape index (κ1) is 20.8. The molecule has 13 atom stereocenters. The van der Waals surface area contributed by atoms with E-state index in [1.807, 2.05) is 26.8 Å². The zero-order chi connectivity index (χ0) is 23.1. The second kappa shape index (κ2) is 6.19. The molecule has 6 nitrogen and oxygen atoms in total. The summed E-state index contributed by atoms with van der Waals surface area (Å²) in [5.41, 5.74) is -0.406. The summed E-state index contributed by atoms with van der Waals surface area (Å²) in [6, 6.07) is 0.